The molecule has 1 unspecified atom stereocenters. The fourth-order valence-electron chi connectivity index (χ4n) is 1.33. The molecule has 0 aliphatic heterocycles. The molecular weight excluding hydrogens is 240 g/mol. The highest BCUT2D eigenvalue weighted by molar-refractivity contribution is 5.97. The zero-order valence-corrected chi connectivity index (χ0v) is 11.2. The topological polar surface area (TPSA) is 77.8 Å². The third kappa shape index (κ3) is 5.21. The molecule has 0 aliphatic carbocycles. The summed E-state index contributed by atoms with van der Waals surface area (Å²) in [6, 6.07) is 5.70. The van der Waals surface area contributed by atoms with Gasteiger partial charge in [0.2, 0.25) is 0 Å². The van der Waals surface area contributed by atoms with Gasteiger partial charge in [-0.1, -0.05) is 13.0 Å². The molecule has 0 aromatic carbocycles. The van der Waals surface area contributed by atoms with Crippen LogP contribution in [0.2, 0.25) is 0 Å². The van der Waals surface area contributed by atoms with Crippen LogP contribution >= 0.6 is 0 Å². The number of carbonyl (C=O) groups excluding carboxylic acids is 1. The predicted octanol–water partition coefficient (Wildman–Crippen LogP) is 1.49. The van der Waals surface area contributed by atoms with Gasteiger partial charge in [-0.15, -0.1) is 0 Å². The van der Waals surface area contributed by atoms with Crippen molar-refractivity contribution in [3.63, 3.8) is 0 Å². The number of nitrogens with zero attached hydrogens (tertiary/aromatic N) is 2. The van der Waals surface area contributed by atoms with E-state index in [0.717, 1.165) is 12.0 Å². The van der Waals surface area contributed by atoms with Gasteiger partial charge in [0.15, 0.2) is 0 Å². The first-order valence-corrected chi connectivity index (χ1v) is 6.20. The summed E-state index contributed by atoms with van der Waals surface area (Å²) < 4.78 is 0. The van der Waals surface area contributed by atoms with E-state index in [4.69, 9.17) is 5.26 Å². The molecule has 100 valence electrons. The van der Waals surface area contributed by atoms with Crippen LogP contribution in [0.4, 0.5) is 0 Å². The van der Waals surface area contributed by atoms with Gasteiger partial charge in [0.25, 0.3) is 5.91 Å². The first kappa shape index (κ1) is 14.7. The van der Waals surface area contributed by atoms with Crippen molar-refractivity contribution < 1.29 is 4.79 Å². The normalized spacial score (nSPS) is 12.4. The van der Waals surface area contributed by atoms with E-state index in [1.807, 2.05) is 32.0 Å². The van der Waals surface area contributed by atoms with Gasteiger partial charge in [0.05, 0.1) is 0 Å². The van der Waals surface area contributed by atoms with Crippen LogP contribution in [0.5, 0.6) is 0 Å². The first-order chi connectivity index (χ1) is 9.17. The Morgan fingerprint density at radius 3 is 3.00 bits per heavy atom. The van der Waals surface area contributed by atoms with Crippen molar-refractivity contribution in [1.82, 2.24) is 15.6 Å². The van der Waals surface area contributed by atoms with Crippen molar-refractivity contribution >= 4 is 5.91 Å². The van der Waals surface area contributed by atoms with Crippen molar-refractivity contribution in [1.29, 1.82) is 5.26 Å². The number of amides is 1. The molecule has 0 fully saturated rings. The van der Waals surface area contributed by atoms with Crippen molar-refractivity contribution in [3.8, 4) is 6.07 Å². The first-order valence-electron chi connectivity index (χ1n) is 6.20. The average molecular weight is 258 g/mol. The molecule has 5 heteroatoms. The van der Waals surface area contributed by atoms with Crippen molar-refractivity contribution in [3.05, 3.63) is 41.9 Å². The summed E-state index contributed by atoms with van der Waals surface area (Å²) in [5.74, 6) is -0.351. The third-order valence-electron chi connectivity index (χ3n) is 2.63. The zero-order valence-electron chi connectivity index (χ0n) is 11.2. The lowest BCUT2D eigenvalue weighted by Gasteiger charge is -2.10. The summed E-state index contributed by atoms with van der Waals surface area (Å²) in [4.78, 5) is 15.7. The maximum Gasteiger partial charge on any atom is 0.263 e. The van der Waals surface area contributed by atoms with Crippen LogP contribution in [0.15, 0.2) is 36.3 Å². The Morgan fingerprint density at radius 2 is 2.42 bits per heavy atom. The Labute approximate surface area is 113 Å². The van der Waals surface area contributed by atoms with Crippen LogP contribution in [-0.4, -0.2) is 16.9 Å². The lowest BCUT2D eigenvalue weighted by Crippen LogP contribution is -2.33. The molecule has 2 N–H and O–H groups in total. The number of aromatic nitrogens is 1. The second kappa shape index (κ2) is 7.88. The van der Waals surface area contributed by atoms with Crippen LogP contribution in [0, 0.1) is 11.3 Å². The molecule has 1 aromatic heterocycles. The minimum Gasteiger partial charge on any atom is -0.386 e. The number of rotatable bonds is 6. The van der Waals surface area contributed by atoms with Crippen LogP contribution < -0.4 is 10.6 Å². The minimum absolute atomic E-state index is 0.0579. The Kier molecular flexibility index (Phi) is 6.10. The smallest absolute Gasteiger partial charge is 0.263 e. The number of nitriles is 1. The Hall–Kier alpha value is -2.35. The number of hydrogen-bond acceptors (Lipinski definition) is 4. The largest absolute Gasteiger partial charge is 0.386 e. The quantitative estimate of drug-likeness (QED) is 0.598. The summed E-state index contributed by atoms with van der Waals surface area (Å²) >= 11 is 0. The van der Waals surface area contributed by atoms with E-state index in [1.165, 1.54) is 6.20 Å². The van der Waals surface area contributed by atoms with Crippen LogP contribution in [0.3, 0.4) is 0 Å². The highest BCUT2D eigenvalue weighted by atomic mass is 16.1. The summed E-state index contributed by atoms with van der Waals surface area (Å²) in [5.41, 5.74) is 1.06. The van der Waals surface area contributed by atoms with Crippen LogP contribution in [0.1, 0.15) is 25.8 Å². The van der Waals surface area contributed by atoms with E-state index in [9.17, 15) is 4.79 Å². The van der Waals surface area contributed by atoms with Gasteiger partial charge in [-0.25, -0.2) is 0 Å². The SMILES string of the molecule is CCC(C)NC(=O)/C(C#N)=C\NCc1cccnc1. The molecule has 1 aromatic rings. The maximum absolute atomic E-state index is 11.7. The molecule has 0 spiro atoms. The number of carbonyl (C=O) groups is 1. The van der Waals surface area contributed by atoms with Gasteiger partial charge >= 0.3 is 0 Å². The molecule has 0 aliphatic rings. The highest BCUT2D eigenvalue weighted by Crippen LogP contribution is 1.97. The minimum atomic E-state index is -0.351. The molecule has 1 atom stereocenters. The van der Waals surface area contributed by atoms with E-state index in [0.29, 0.717) is 6.54 Å². The summed E-state index contributed by atoms with van der Waals surface area (Å²) in [5, 5.41) is 14.6. The van der Waals surface area contributed by atoms with E-state index in [-0.39, 0.29) is 17.5 Å². The predicted molar refractivity (Wildman–Crippen MR) is 72.7 cm³/mol. The van der Waals surface area contributed by atoms with Gasteiger partial charge in [-0.05, 0) is 25.0 Å². The van der Waals surface area contributed by atoms with Gasteiger partial charge in [0.1, 0.15) is 11.6 Å². The molecule has 19 heavy (non-hydrogen) atoms. The lowest BCUT2D eigenvalue weighted by molar-refractivity contribution is -0.117. The van der Waals surface area contributed by atoms with E-state index >= 15 is 0 Å². The second-order valence-corrected chi connectivity index (χ2v) is 4.19. The molecule has 0 saturated heterocycles. The third-order valence-corrected chi connectivity index (χ3v) is 2.63. The second-order valence-electron chi connectivity index (χ2n) is 4.19. The summed E-state index contributed by atoms with van der Waals surface area (Å²) in [6.07, 6.45) is 5.68. The van der Waals surface area contributed by atoms with E-state index < -0.39 is 0 Å². The number of nitrogens with one attached hydrogen (secondary N) is 2. The molecule has 1 rings (SSSR count). The van der Waals surface area contributed by atoms with Gasteiger partial charge in [-0.2, -0.15) is 5.26 Å². The maximum atomic E-state index is 11.7. The lowest BCUT2D eigenvalue weighted by atomic mass is 10.2. The number of pyridine rings is 1. The Bertz CT molecular complexity index is 476. The summed E-state index contributed by atoms with van der Waals surface area (Å²) in [6.45, 7) is 4.40. The highest BCUT2D eigenvalue weighted by Gasteiger charge is 2.10. The monoisotopic (exact) mass is 258 g/mol. The number of hydrogen-bond donors (Lipinski definition) is 2. The van der Waals surface area contributed by atoms with Gasteiger partial charge in [-0.3, -0.25) is 9.78 Å². The van der Waals surface area contributed by atoms with E-state index in [1.54, 1.807) is 12.4 Å². The zero-order chi connectivity index (χ0) is 14.1. The average Bonchev–Trinajstić information content (AvgIpc) is 2.44. The molecule has 0 bridgehead atoms. The molecule has 0 radical (unpaired) electrons. The Morgan fingerprint density at radius 1 is 1.63 bits per heavy atom. The van der Waals surface area contributed by atoms with Crippen molar-refractivity contribution in [2.24, 2.45) is 0 Å². The van der Waals surface area contributed by atoms with Gasteiger partial charge in [0, 0.05) is 31.2 Å². The van der Waals surface area contributed by atoms with Crippen molar-refractivity contribution in [2.75, 3.05) is 0 Å². The van der Waals surface area contributed by atoms with Crippen molar-refractivity contribution in [2.45, 2.75) is 32.9 Å². The fraction of sp³-hybridized carbons (Fsp3) is 0.357. The molecular formula is C14H18N4O. The molecule has 1 heterocycles. The van der Waals surface area contributed by atoms with Crippen LogP contribution in [-0.2, 0) is 11.3 Å². The Balaban J connectivity index is 2.53. The van der Waals surface area contributed by atoms with E-state index in [2.05, 4.69) is 15.6 Å². The fourth-order valence-corrected chi connectivity index (χ4v) is 1.33. The van der Waals surface area contributed by atoms with Gasteiger partial charge < -0.3 is 10.6 Å². The van der Waals surface area contributed by atoms with Crippen LogP contribution in [0.25, 0.3) is 0 Å². The standard InChI is InChI=1S/C14H18N4O/c1-3-11(2)18-14(19)13(7-15)10-17-9-12-5-4-6-16-8-12/h4-6,8,10-11,17H,3,9H2,1-2H3,(H,18,19)/b13-10-. The summed E-state index contributed by atoms with van der Waals surface area (Å²) in [7, 11) is 0. The molecule has 1 amide bonds. The molecule has 0 saturated carbocycles. The molecule has 5 nitrogen and oxygen atoms in total.